The second-order valence-electron chi connectivity index (χ2n) is 4.23. The van der Waals surface area contributed by atoms with Crippen molar-refractivity contribution >= 4 is 11.5 Å². The van der Waals surface area contributed by atoms with Gasteiger partial charge < -0.3 is 4.74 Å². The summed E-state index contributed by atoms with van der Waals surface area (Å²) in [7, 11) is 1.34. The molecule has 0 aliphatic heterocycles. The first kappa shape index (κ1) is 13.7. The molecule has 0 radical (unpaired) electrons. The highest BCUT2D eigenvalue weighted by Gasteiger charge is 2.17. The average Bonchev–Trinajstić information content (AvgIpc) is 2.47. The molecule has 0 atom stereocenters. The van der Waals surface area contributed by atoms with Gasteiger partial charge in [-0.05, 0) is 17.7 Å². The molecule has 20 heavy (non-hydrogen) atoms. The molecule has 2 rings (SSSR count). The Morgan fingerprint density at radius 1 is 1.20 bits per heavy atom. The van der Waals surface area contributed by atoms with Crippen molar-refractivity contribution in [2.45, 2.75) is 6.42 Å². The number of Topliss-reactive ketones (excluding diaryl/α,β-unsaturated/α-hetero) is 1. The van der Waals surface area contributed by atoms with E-state index >= 15 is 0 Å². The van der Waals surface area contributed by atoms with Crippen LogP contribution in [0, 0.1) is 10.1 Å². The first-order valence-corrected chi connectivity index (χ1v) is 6.01. The molecule has 2 aromatic rings. The van der Waals surface area contributed by atoms with Crippen LogP contribution in [-0.2, 0) is 6.42 Å². The van der Waals surface area contributed by atoms with Gasteiger partial charge in [-0.2, -0.15) is 0 Å². The number of ketones is 1. The summed E-state index contributed by atoms with van der Waals surface area (Å²) in [5.74, 6) is -0.0155. The molecule has 0 aliphatic rings. The molecule has 0 heterocycles. The summed E-state index contributed by atoms with van der Waals surface area (Å²) in [6, 6.07) is 13.5. The quantitative estimate of drug-likeness (QED) is 0.476. The summed E-state index contributed by atoms with van der Waals surface area (Å²) >= 11 is 0. The van der Waals surface area contributed by atoms with E-state index in [0.717, 1.165) is 5.56 Å². The van der Waals surface area contributed by atoms with Crippen LogP contribution >= 0.6 is 0 Å². The summed E-state index contributed by atoms with van der Waals surface area (Å²) in [4.78, 5) is 22.4. The standard InChI is InChI=1S/C15H13NO4/c1-20-15-10-12(7-8-13(15)16(18)19)14(17)9-11-5-3-2-4-6-11/h2-8,10H,9H2,1H3. The fourth-order valence-electron chi connectivity index (χ4n) is 1.89. The number of methoxy groups -OCH3 is 1. The van der Waals surface area contributed by atoms with Gasteiger partial charge in [-0.15, -0.1) is 0 Å². The van der Waals surface area contributed by atoms with Crippen molar-refractivity contribution in [1.29, 1.82) is 0 Å². The second kappa shape index (κ2) is 5.97. The van der Waals surface area contributed by atoms with Crippen molar-refractivity contribution in [2.75, 3.05) is 7.11 Å². The Bertz CT molecular complexity index is 638. The second-order valence-corrected chi connectivity index (χ2v) is 4.23. The van der Waals surface area contributed by atoms with Crippen molar-refractivity contribution < 1.29 is 14.5 Å². The normalized spacial score (nSPS) is 10.1. The third kappa shape index (κ3) is 3.00. The number of rotatable bonds is 5. The van der Waals surface area contributed by atoms with Crippen LogP contribution in [0.5, 0.6) is 5.75 Å². The number of hydrogen-bond donors (Lipinski definition) is 0. The Morgan fingerprint density at radius 2 is 1.90 bits per heavy atom. The number of ether oxygens (including phenoxy) is 1. The van der Waals surface area contributed by atoms with Crippen LogP contribution in [0.2, 0.25) is 0 Å². The van der Waals surface area contributed by atoms with Crippen LogP contribution in [0.15, 0.2) is 48.5 Å². The molecule has 0 fully saturated rings. The zero-order valence-electron chi connectivity index (χ0n) is 10.9. The SMILES string of the molecule is COc1cc(C(=O)Cc2ccccc2)ccc1[N+](=O)[O-]. The maximum atomic E-state index is 12.1. The highest BCUT2D eigenvalue weighted by atomic mass is 16.6. The summed E-state index contributed by atoms with van der Waals surface area (Å²) in [5, 5.41) is 10.8. The molecule has 0 N–H and O–H groups in total. The van der Waals surface area contributed by atoms with Gasteiger partial charge in [0.05, 0.1) is 12.0 Å². The van der Waals surface area contributed by atoms with Crippen LogP contribution in [0.4, 0.5) is 5.69 Å². The maximum Gasteiger partial charge on any atom is 0.310 e. The number of carbonyl (C=O) groups excluding carboxylic acids is 1. The Hall–Kier alpha value is -2.69. The number of nitro benzene ring substituents is 1. The highest BCUT2D eigenvalue weighted by molar-refractivity contribution is 5.98. The minimum Gasteiger partial charge on any atom is -0.490 e. The third-order valence-electron chi connectivity index (χ3n) is 2.91. The van der Waals surface area contributed by atoms with Gasteiger partial charge in [0.2, 0.25) is 0 Å². The number of nitrogens with zero attached hydrogens (tertiary/aromatic N) is 1. The van der Waals surface area contributed by atoms with E-state index in [2.05, 4.69) is 0 Å². The number of nitro groups is 1. The van der Waals surface area contributed by atoms with Crippen LogP contribution in [0.3, 0.4) is 0 Å². The fourth-order valence-corrected chi connectivity index (χ4v) is 1.89. The van der Waals surface area contributed by atoms with E-state index in [-0.39, 0.29) is 23.6 Å². The lowest BCUT2D eigenvalue weighted by atomic mass is 10.0. The predicted molar refractivity (Wildman–Crippen MR) is 74.1 cm³/mol. The predicted octanol–water partition coefficient (Wildman–Crippen LogP) is 3.03. The molecule has 0 amide bonds. The van der Waals surface area contributed by atoms with Crippen LogP contribution in [0.25, 0.3) is 0 Å². The van der Waals surface area contributed by atoms with Crippen LogP contribution < -0.4 is 4.74 Å². The lowest BCUT2D eigenvalue weighted by Gasteiger charge is -2.05. The smallest absolute Gasteiger partial charge is 0.310 e. The molecular weight excluding hydrogens is 258 g/mol. The molecule has 102 valence electrons. The Kier molecular flexibility index (Phi) is 4.10. The lowest BCUT2D eigenvalue weighted by Crippen LogP contribution is -2.04. The fraction of sp³-hybridized carbons (Fsp3) is 0.133. The van der Waals surface area contributed by atoms with Gasteiger partial charge in [0, 0.05) is 18.1 Å². The molecule has 0 spiro atoms. The molecular formula is C15H13NO4. The molecule has 0 aliphatic carbocycles. The molecule has 2 aromatic carbocycles. The van der Waals surface area contributed by atoms with Gasteiger partial charge in [0.25, 0.3) is 0 Å². The van der Waals surface area contributed by atoms with E-state index in [1.165, 1.54) is 25.3 Å². The minimum absolute atomic E-state index is 0.0916. The number of benzene rings is 2. The first-order valence-electron chi connectivity index (χ1n) is 6.01. The van der Waals surface area contributed by atoms with E-state index in [4.69, 9.17) is 4.74 Å². The summed E-state index contributed by atoms with van der Waals surface area (Å²) in [6.45, 7) is 0. The minimum atomic E-state index is -0.537. The van der Waals surface area contributed by atoms with Gasteiger partial charge in [0.1, 0.15) is 0 Å². The Morgan fingerprint density at radius 3 is 2.50 bits per heavy atom. The zero-order valence-corrected chi connectivity index (χ0v) is 10.9. The van der Waals surface area contributed by atoms with Crippen LogP contribution in [0.1, 0.15) is 15.9 Å². The number of hydrogen-bond acceptors (Lipinski definition) is 4. The van der Waals surface area contributed by atoms with Gasteiger partial charge >= 0.3 is 5.69 Å². The van der Waals surface area contributed by atoms with E-state index in [0.29, 0.717) is 5.56 Å². The lowest BCUT2D eigenvalue weighted by molar-refractivity contribution is -0.385. The first-order chi connectivity index (χ1) is 9.61. The van der Waals surface area contributed by atoms with Crippen LogP contribution in [-0.4, -0.2) is 17.8 Å². The summed E-state index contributed by atoms with van der Waals surface area (Å²) < 4.78 is 4.95. The van der Waals surface area contributed by atoms with E-state index < -0.39 is 4.92 Å². The molecule has 0 saturated heterocycles. The molecule has 0 unspecified atom stereocenters. The van der Waals surface area contributed by atoms with Crippen molar-refractivity contribution in [2.24, 2.45) is 0 Å². The number of carbonyl (C=O) groups is 1. The highest BCUT2D eigenvalue weighted by Crippen LogP contribution is 2.28. The van der Waals surface area contributed by atoms with Crippen molar-refractivity contribution in [3.05, 3.63) is 69.8 Å². The van der Waals surface area contributed by atoms with Gasteiger partial charge in [0.15, 0.2) is 11.5 Å². The van der Waals surface area contributed by atoms with E-state index in [1.807, 2.05) is 30.3 Å². The largest absolute Gasteiger partial charge is 0.490 e. The summed E-state index contributed by atoms with van der Waals surface area (Å²) in [5.41, 5.74) is 1.15. The average molecular weight is 271 g/mol. The maximum absolute atomic E-state index is 12.1. The third-order valence-corrected chi connectivity index (χ3v) is 2.91. The molecule has 0 aromatic heterocycles. The van der Waals surface area contributed by atoms with Gasteiger partial charge in [-0.25, -0.2) is 0 Å². The topological polar surface area (TPSA) is 69.4 Å². The molecule has 0 saturated carbocycles. The van der Waals surface area contributed by atoms with Crippen molar-refractivity contribution in [3.63, 3.8) is 0 Å². The van der Waals surface area contributed by atoms with E-state index in [1.54, 1.807) is 0 Å². The molecule has 0 bridgehead atoms. The zero-order chi connectivity index (χ0) is 14.5. The molecule has 5 nitrogen and oxygen atoms in total. The molecule has 5 heteroatoms. The van der Waals surface area contributed by atoms with Crippen molar-refractivity contribution in [1.82, 2.24) is 0 Å². The Labute approximate surface area is 116 Å². The van der Waals surface area contributed by atoms with E-state index in [9.17, 15) is 14.9 Å². The van der Waals surface area contributed by atoms with Gasteiger partial charge in [-0.1, -0.05) is 30.3 Å². The Balaban J connectivity index is 2.25. The van der Waals surface area contributed by atoms with Crippen molar-refractivity contribution in [3.8, 4) is 5.75 Å². The monoisotopic (exact) mass is 271 g/mol. The van der Waals surface area contributed by atoms with Gasteiger partial charge in [-0.3, -0.25) is 14.9 Å². The summed E-state index contributed by atoms with van der Waals surface area (Å²) in [6.07, 6.45) is 0.252.